The Kier molecular flexibility index (Phi) is 6.07. The molecule has 1 aliphatic rings. The smallest absolute Gasteiger partial charge is 0.282 e. The molecule has 0 radical (unpaired) electrons. The number of para-hydroxylation sites is 1. The maximum Gasteiger partial charge on any atom is 0.282 e. The Morgan fingerprint density at radius 1 is 1.06 bits per heavy atom. The van der Waals surface area contributed by atoms with Crippen LogP contribution >= 0.6 is 23.6 Å². The molecule has 0 atom stereocenters. The molecule has 2 aromatic heterocycles. The van der Waals surface area contributed by atoms with E-state index in [0.29, 0.717) is 22.1 Å². The standard InChI is InChI=1S/C26H24N6O2S2/c1-16-22(24(34)32(30(16)4)19-8-6-5-7-9-19)21-15-36-26(28-21)31-23(33)20(27-25(31)35)14-17-10-12-18(13-11-17)29(2)3/h5-15H,1-4H3,(H,27,35)/b20-14+. The summed E-state index contributed by atoms with van der Waals surface area (Å²) in [6, 6.07) is 17.3. The second-order valence-corrected chi connectivity index (χ2v) is 9.79. The maximum atomic E-state index is 13.4. The minimum absolute atomic E-state index is 0.173. The third-order valence-corrected chi connectivity index (χ3v) is 7.20. The van der Waals surface area contributed by atoms with Gasteiger partial charge in [-0.05, 0) is 55.0 Å². The van der Waals surface area contributed by atoms with Gasteiger partial charge >= 0.3 is 0 Å². The van der Waals surface area contributed by atoms with E-state index in [2.05, 4.69) is 10.3 Å². The van der Waals surface area contributed by atoms with E-state index in [1.807, 2.05) is 92.2 Å². The lowest BCUT2D eigenvalue weighted by Crippen LogP contribution is -2.30. The average Bonchev–Trinajstić information content (AvgIpc) is 3.49. The van der Waals surface area contributed by atoms with E-state index in [1.54, 1.807) is 16.1 Å². The zero-order valence-electron chi connectivity index (χ0n) is 20.2. The summed E-state index contributed by atoms with van der Waals surface area (Å²) in [4.78, 5) is 34.6. The van der Waals surface area contributed by atoms with Crippen molar-refractivity contribution >= 4 is 51.5 Å². The molecule has 0 bridgehead atoms. The van der Waals surface area contributed by atoms with Crippen molar-refractivity contribution in [3.05, 3.63) is 87.3 Å². The van der Waals surface area contributed by atoms with Gasteiger partial charge in [-0.3, -0.25) is 14.3 Å². The largest absolute Gasteiger partial charge is 0.378 e. The van der Waals surface area contributed by atoms with Crippen molar-refractivity contribution in [3.63, 3.8) is 0 Å². The molecule has 1 amide bonds. The first-order chi connectivity index (χ1) is 17.3. The Hall–Kier alpha value is -4.02. The molecule has 10 heteroatoms. The zero-order chi connectivity index (χ0) is 25.6. The summed E-state index contributed by atoms with van der Waals surface area (Å²) < 4.78 is 3.42. The van der Waals surface area contributed by atoms with E-state index in [-0.39, 0.29) is 16.6 Å². The van der Waals surface area contributed by atoms with Gasteiger partial charge in [-0.1, -0.05) is 30.3 Å². The van der Waals surface area contributed by atoms with Gasteiger partial charge in [0.2, 0.25) is 0 Å². The van der Waals surface area contributed by atoms with Gasteiger partial charge in [0.05, 0.1) is 16.9 Å². The molecule has 3 heterocycles. The fourth-order valence-corrected chi connectivity index (χ4v) is 5.24. The van der Waals surface area contributed by atoms with E-state index < -0.39 is 0 Å². The molecule has 182 valence electrons. The van der Waals surface area contributed by atoms with Gasteiger partial charge in [0.1, 0.15) is 5.70 Å². The normalized spacial score (nSPS) is 14.6. The zero-order valence-corrected chi connectivity index (χ0v) is 21.9. The third kappa shape index (κ3) is 4.04. The molecule has 2 aromatic carbocycles. The van der Waals surface area contributed by atoms with Crippen LogP contribution in [-0.4, -0.2) is 39.5 Å². The number of carbonyl (C=O) groups is 1. The number of aromatic nitrogens is 3. The first-order valence-electron chi connectivity index (χ1n) is 11.2. The molecule has 36 heavy (non-hydrogen) atoms. The summed E-state index contributed by atoms with van der Waals surface area (Å²) in [6.07, 6.45) is 1.77. The summed E-state index contributed by atoms with van der Waals surface area (Å²) in [5.41, 5.74) is 4.69. The van der Waals surface area contributed by atoms with Crippen molar-refractivity contribution < 1.29 is 4.79 Å². The van der Waals surface area contributed by atoms with Crippen LogP contribution in [0.4, 0.5) is 10.8 Å². The van der Waals surface area contributed by atoms with E-state index in [1.165, 1.54) is 16.2 Å². The van der Waals surface area contributed by atoms with Gasteiger partial charge in [0.15, 0.2) is 10.2 Å². The van der Waals surface area contributed by atoms with Crippen molar-refractivity contribution in [1.29, 1.82) is 0 Å². The summed E-state index contributed by atoms with van der Waals surface area (Å²) in [7, 11) is 5.79. The van der Waals surface area contributed by atoms with Crippen molar-refractivity contribution in [1.82, 2.24) is 19.7 Å². The Morgan fingerprint density at radius 3 is 2.42 bits per heavy atom. The number of amides is 1. The highest BCUT2D eigenvalue weighted by atomic mass is 32.1. The number of hydrogen-bond donors (Lipinski definition) is 1. The van der Waals surface area contributed by atoms with Crippen molar-refractivity contribution in [3.8, 4) is 16.9 Å². The third-order valence-electron chi connectivity index (χ3n) is 6.09. The van der Waals surface area contributed by atoms with Gasteiger partial charge in [0.25, 0.3) is 11.5 Å². The molecule has 1 saturated heterocycles. The van der Waals surface area contributed by atoms with Gasteiger partial charge < -0.3 is 10.2 Å². The second kappa shape index (κ2) is 9.21. The lowest BCUT2D eigenvalue weighted by Gasteiger charge is -2.11. The van der Waals surface area contributed by atoms with Crippen LogP contribution < -0.4 is 20.7 Å². The molecule has 0 aliphatic carbocycles. The Morgan fingerprint density at radius 2 is 1.75 bits per heavy atom. The molecular formula is C26H24N6O2S2. The molecule has 0 unspecified atom stereocenters. The Labute approximate surface area is 217 Å². The van der Waals surface area contributed by atoms with Crippen LogP contribution in [-0.2, 0) is 11.8 Å². The van der Waals surface area contributed by atoms with E-state index in [4.69, 9.17) is 12.2 Å². The SMILES string of the molecule is Cc1c(-c2csc(N3C(=O)/C(=C\c4ccc(N(C)C)cc4)NC3=S)n2)c(=O)n(-c2ccccc2)n1C. The molecule has 1 N–H and O–H groups in total. The first-order valence-corrected chi connectivity index (χ1v) is 12.5. The molecule has 1 aliphatic heterocycles. The Balaban J connectivity index is 1.46. The average molecular weight is 517 g/mol. The van der Waals surface area contributed by atoms with Crippen LogP contribution in [0, 0.1) is 6.92 Å². The quantitative estimate of drug-likeness (QED) is 0.320. The van der Waals surface area contributed by atoms with Crippen LogP contribution in [0.15, 0.2) is 70.5 Å². The number of anilines is 2. The molecular weight excluding hydrogens is 492 g/mol. The molecule has 0 saturated carbocycles. The number of benzene rings is 2. The van der Waals surface area contributed by atoms with Gasteiger partial charge in [0, 0.05) is 37.9 Å². The fourth-order valence-electron chi connectivity index (χ4n) is 4.09. The van der Waals surface area contributed by atoms with Crippen molar-refractivity contribution in [2.24, 2.45) is 7.05 Å². The molecule has 1 fully saturated rings. The minimum atomic E-state index is -0.288. The number of hydrogen-bond acceptors (Lipinski definition) is 6. The summed E-state index contributed by atoms with van der Waals surface area (Å²) in [5.74, 6) is -0.288. The van der Waals surface area contributed by atoms with Crippen LogP contribution in [0.1, 0.15) is 11.3 Å². The summed E-state index contributed by atoms with van der Waals surface area (Å²) >= 11 is 6.72. The van der Waals surface area contributed by atoms with Gasteiger partial charge in [-0.25, -0.2) is 14.6 Å². The summed E-state index contributed by atoms with van der Waals surface area (Å²) in [6.45, 7) is 1.88. The van der Waals surface area contributed by atoms with Crippen LogP contribution in [0.5, 0.6) is 0 Å². The summed E-state index contributed by atoms with van der Waals surface area (Å²) in [5, 5.41) is 5.45. The monoisotopic (exact) mass is 516 g/mol. The second-order valence-electron chi connectivity index (χ2n) is 8.57. The highest BCUT2D eigenvalue weighted by Gasteiger charge is 2.34. The number of carbonyl (C=O) groups excluding carboxylic acids is 1. The van der Waals surface area contributed by atoms with Gasteiger partial charge in [-0.2, -0.15) is 0 Å². The first kappa shape index (κ1) is 23.7. The number of thiocarbonyl (C=S) groups is 1. The topological polar surface area (TPSA) is 75.4 Å². The molecule has 8 nitrogen and oxygen atoms in total. The van der Waals surface area contributed by atoms with E-state index >= 15 is 0 Å². The predicted molar refractivity (Wildman–Crippen MR) is 149 cm³/mol. The molecule has 4 aromatic rings. The van der Waals surface area contributed by atoms with Crippen LogP contribution in [0.3, 0.4) is 0 Å². The predicted octanol–water partition coefficient (Wildman–Crippen LogP) is 3.94. The fraction of sp³-hybridized carbons (Fsp3) is 0.154. The number of nitrogens with zero attached hydrogens (tertiary/aromatic N) is 5. The lowest BCUT2D eigenvalue weighted by molar-refractivity contribution is -0.113. The van der Waals surface area contributed by atoms with Gasteiger partial charge in [-0.15, -0.1) is 11.3 Å². The lowest BCUT2D eigenvalue weighted by atomic mass is 10.1. The van der Waals surface area contributed by atoms with Crippen molar-refractivity contribution in [2.45, 2.75) is 6.92 Å². The van der Waals surface area contributed by atoms with Crippen LogP contribution in [0.25, 0.3) is 23.0 Å². The minimum Gasteiger partial charge on any atom is -0.378 e. The maximum absolute atomic E-state index is 13.4. The van der Waals surface area contributed by atoms with Crippen molar-refractivity contribution in [2.75, 3.05) is 23.9 Å². The van der Waals surface area contributed by atoms with Crippen LogP contribution in [0.2, 0.25) is 0 Å². The highest BCUT2D eigenvalue weighted by molar-refractivity contribution is 7.80. The van der Waals surface area contributed by atoms with E-state index in [9.17, 15) is 9.59 Å². The number of rotatable bonds is 5. The van der Waals surface area contributed by atoms with E-state index in [0.717, 1.165) is 22.6 Å². The number of nitrogens with one attached hydrogen (secondary N) is 1. The Bertz CT molecular complexity index is 1560. The number of thiazole rings is 1. The molecule has 0 spiro atoms. The highest BCUT2D eigenvalue weighted by Crippen LogP contribution is 2.31. The molecule has 5 rings (SSSR count).